The number of rotatable bonds is 6. The minimum atomic E-state index is 0.240. The Balaban J connectivity index is 2.12. The fourth-order valence-electron chi connectivity index (χ4n) is 1.93. The average molecular weight is 277 g/mol. The van der Waals surface area contributed by atoms with E-state index in [-0.39, 0.29) is 6.04 Å². The fraction of sp³-hybridized carbons (Fsp3) is 0.429. The van der Waals surface area contributed by atoms with Crippen LogP contribution >= 0.6 is 11.5 Å². The van der Waals surface area contributed by atoms with Gasteiger partial charge in [-0.05, 0) is 11.5 Å². The first-order valence-corrected chi connectivity index (χ1v) is 7.11. The zero-order valence-corrected chi connectivity index (χ0v) is 12.3. The number of nitrogens with one attached hydrogen (secondary N) is 1. The van der Waals surface area contributed by atoms with Crippen molar-refractivity contribution in [2.75, 3.05) is 12.4 Å². The van der Waals surface area contributed by atoms with Gasteiger partial charge in [0.2, 0.25) is 5.13 Å². The van der Waals surface area contributed by atoms with E-state index < -0.39 is 0 Å². The lowest BCUT2D eigenvalue weighted by molar-refractivity contribution is 0.179. The molecule has 2 aromatic rings. The summed E-state index contributed by atoms with van der Waals surface area (Å²) in [6.45, 7) is 4.85. The van der Waals surface area contributed by atoms with E-state index in [9.17, 15) is 0 Å². The molecule has 0 saturated carbocycles. The molecule has 0 fully saturated rings. The first-order chi connectivity index (χ1) is 9.20. The van der Waals surface area contributed by atoms with Crippen LogP contribution in [0.4, 0.5) is 5.13 Å². The maximum absolute atomic E-state index is 5.03. The van der Waals surface area contributed by atoms with Crippen molar-refractivity contribution in [2.24, 2.45) is 5.92 Å². The molecule has 1 aromatic heterocycles. The van der Waals surface area contributed by atoms with E-state index in [1.807, 2.05) is 6.07 Å². The highest BCUT2D eigenvalue weighted by Crippen LogP contribution is 2.27. The van der Waals surface area contributed by atoms with Gasteiger partial charge < -0.3 is 10.1 Å². The predicted molar refractivity (Wildman–Crippen MR) is 78.3 cm³/mol. The van der Waals surface area contributed by atoms with Crippen LogP contribution in [-0.4, -0.2) is 16.5 Å². The van der Waals surface area contributed by atoms with Gasteiger partial charge in [-0.15, -0.1) is 0 Å². The van der Waals surface area contributed by atoms with E-state index in [0.29, 0.717) is 12.5 Å². The molecule has 0 spiro atoms. The van der Waals surface area contributed by atoms with Crippen LogP contribution in [0.15, 0.2) is 30.3 Å². The van der Waals surface area contributed by atoms with Gasteiger partial charge in [-0.1, -0.05) is 44.2 Å². The predicted octanol–water partition coefficient (Wildman–Crippen LogP) is 3.49. The maximum Gasteiger partial charge on any atom is 0.203 e. The standard InChI is InChI=1S/C14H19N3OS/c1-10(2)13(11-7-5-4-6-8-11)16-14-15-12(9-18-3)17-19-14/h4-8,10,13H,9H2,1-3H3,(H,15,16,17). The summed E-state index contributed by atoms with van der Waals surface area (Å²) in [4.78, 5) is 4.42. The molecule has 4 nitrogen and oxygen atoms in total. The zero-order chi connectivity index (χ0) is 13.7. The zero-order valence-electron chi connectivity index (χ0n) is 11.5. The average Bonchev–Trinajstić information content (AvgIpc) is 2.85. The molecule has 0 radical (unpaired) electrons. The molecular weight excluding hydrogens is 258 g/mol. The number of anilines is 1. The molecule has 0 aliphatic rings. The Morgan fingerprint density at radius 2 is 2.00 bits per heavy atom. The number of ether oxygens (including phenoxy) is 1. The van der Waals surface area contributed by atoms with Crippen LogP contribution in [0.3, 0.4) is 0 Å². The van der Waals surface area contributed by atoms with Gasteiger partial charge in [0.05, 0.1) is 6.04 Å². The van der Waals surface area contributed by atoms with Crippen LogP contribution < -0.4 is 5.32 Å². The topological polar surface area (TPSA) is 47.0 Å². The molecule has 0 aliphatic heterocycles. The summed E-state index contributed by atoms with van der Waals surface area (Å²) in [6, 6.07) is 10.7. The van der Waals surface area contributed by atoms with E-state index in [4.69, 9.17) is 4.74 Å². The van der Waals surface area contributed by atoms with Crippen LogP contribution in [0.1, 0.15) is 31.3 Å². The van der Waals surface area contributed by atoms with Crippen LogP contribution in [0.5, 0.6) is 0 Å². The highest BCUT2D eigenvalue weighted by Gasteiger charge is 2.17. The fourth-order valence-corrected chi connectivity index (χ4v) is 2.54. The molecule has 102 valence electrons. The molecule has 1 atom stereocenters. The second-order valence-electron chi connectivity index (χ2n) is 4.73. The van der Waals surface area contributed by atoms with Gasteiger partial charge in [-0.3, -0.25) is 0 Å². The summed E-state index contributed by atoms with van der Waals surface area (Å²) < 4.78 is 9.29. The lowest BCUT2D eigenvalue weighted by Gasteiger charge is -2.22. The Labute approximate surface area is 118 Å². The quantitative estimate of drug-likeness (QED) is 0.878. The van der Waals surface area contributed by atoms with Gasteiger partial charge in [0, 0.05) is 18.6 Å². The van der Waals surface area contributed by atoms with Crippen molar-refractivity contribution in [3.8, 4) is 0 Å². The molecule has 0 amide bonds. The smallest absolute Gasteiger partial charge is 0.203 e. The number of hydrogen-bond donors (Lipinski definition) is 1. The largest absolute Gasteiger partial charge is 0.377 e. The van der Waals surface area contributed by atoms with Crippen LogP contribution in [0.25, 0.3) is 0 Å². The van der Waals surface area contributed by atoms with Crippen molar-refractivity contribution in [1.29, 1.82) is 0 Å². The maximum atomic E-state index is 5.03. The summed E-state index contributed by atoms with van der Waals surface area (Å²) in [5, 5.41) is 4.31. The summed E-state index contributed by atoms with van der Waals surface area (Å²) in [7, 11) is 1.65. The molecular formula is C14H19N3OS. The summed E-state index contributed by atoms with van der Waals surface area (Å²) in [5.41, 5.74) is 1.26. The molecule has 1 aromatic carbocycles. The van der Waals surface area contributed by atoms with Gasteiger partial charge in [-0.2, -0.15) is 4.37 Å². The van der Waals surface area contributed by atoms with Crippen molar-refractivity contribution >= 4 is 16.7 Å². The monoisotopic (exact) mass is 277 g/mol. The van der Waals surface area contributed by atoms with E-state index in [2.05, 4.69) is 52.8 Å². The van der Waals surface area contributed by atoms with Gasteiger partial charge >= 0.3 is 0 Å². The minimum Gasteiger partial charge on any atom is -0.377 e. The van der Waals surface area contributed by atoms with E-state index >= 15 is 0 Å². The van der Waals surface area contributed by atoms with Gasteiger partial charge in [0.25, 0.3) is 0 Å². The van der Waals surface area contributed by atoms with Crippen molar-refractivity contribution in [2.45, 2.75) is 26.5 Å². The Kier molecular flexibility index (Phi) is 4.87. The SMILES string of the molecule is COCc1nsc(NC(c2ccccc2)C(C)C)n1. The number of benzene rings is 1. The molecule has 0 bridgehead atoms. The molecule has 0 saturated heterocycles. The first kappa shape index (κ1) is 14.0. The Morgan fingerprint density at radius 3 is 2.63 bits per heavy atom. The Morgan fingerprint density at radius 1 is 1.26 bits per heavy atom. The number of hydrogen-bond acceptors (Lipinski definition) is 5. The normalized spacial score (nSPS) is 12.6. The van der Waals surface area contributed by atoms with Crippen LogP contribution in [0.2, 0.25) is 0 Å². The molecule has 0 aliphatic carbocycles. The molecule has 1 heterocycles. The summed E-state index contributed by atoms with van der Waals surface area (Å²) in [5.74, 6) is 1.20. The Hall–Kier alpha value is -1.46. The van der Waals surface area contributed by atoms with Crippen molar-refractivity contribution < 1.29 is 4.74 Å². The second-order valence-corrected chi connectivity index (χ2v) is 5.48. The third-order valence-corrected chi connectivity index (χ3v) is 3.53. The summed E-state index contributed by atoms with van der Waals surface area (Å²) in [6.07, 6.45) is 0. The second kappa shape index (κ2) is 6.63. The molecule has 19 heavy (non-hydrogen) atoms. The first-order valence-electron chi connectivity index (χ1n) is 6.33. The highest BCUT2D eigenvalue weighted by atomic mass is 32.1. The highest BCUT2D eigenvalue weighted by molar-refractivity contribution is 7.09. The lowest BCUT2D eigenvalue weighted by Crippen LogP contribution is -2.16. The lowest BCUT2D eigenvalue weighted by atomic mass is 9.96. The molecule has 1 N–H and O–H groups in total. The van der Waals surface area contributed by atoms with Gasteiger partial charge in [0.1, 0.15) is 6.61 Å². The van der Waals surface area contributed by atoms with Crippen molar-refractivity contribution in [3.63, 3.8) is 0 Å². The number of methoxy groups -OCH3 is 1. The number of nitrogens with zero attached hydrogens (tertiary/aromatic N) is 2. The van der Waals surface area contributed by atoms with Gasteiger partial charge in [-0.25, -0.2) is 4.98 Å². The van der Waals surface area contributed by atoms with E-state index in [1.165, 1.54) is 17.1 Å². The third-order valence-electron chi connectivity index (χ3n) is 2.85. The molecule has 2 rings (SSSR count). The van der Waals surface area contributed by atoms with Crippen molar-refractivity contribution in [1.82, 2.24) is 9.36 Å². The van der Waals surface area contributed by atoms with Crippen LogP contribution in [0, 0.1) is 5.92 Å². The molecule has 5 heteroatoms. The van der Waals surface area contributed by atoms with E-state index in [1.54, 1.807) is 7.11 Å². The summed E-state index contributed by atoms with van der Waals surface area (Å²) >= 11 is 1.38. The Bertz CT molecular complexity index is 498. The minimum absolute atomic E-state index is 0.240. The van der Waals surface area contributed by atoms with Crippen molar-refractivity contribution in [3.05, 3.63) is 41.7 Å². The van der Waals surface area contributed by atoms with E-state index in [0.717, 1.165) is 11.0 Å². The number of aromatic nitrogens is 2. The van der Waals surface area contributed by atoms with Gasteiger partial charge in [0.15, 0.2) is 5.82 Å². The third kappa shape index (κ3) is 3.75. The van der Waals surface area contributed by atoms with Crippen LogP contribution in [-0.2, 0) is 11.3 Å². The molecule has 1 unspecified atom stereocenters.